The number of Topliss-reactive ketones (excluding diaryl/α,β-unsaturated/α-hetero) is 1. The minimum absolute atomic E-state index is 0.0649. The maximum absolute atomic E-state index is 12.8. The molecule has 5 nitrogen and oxygen atoms in total. The Morgan fingerprint density at radius 1 is 1.32 bits per heavy atom. The van der Waals surface area contributed by atoms with Crippen molar-refractivity contribution in [3.05, 3.63) is 12.2 Å². The van der Waals surface area contributed by atoms with Crippen LogP contribution in [0.4, 0.5) is 0 Å². The molecule has 2 aliphatic carbocycles. The summed E-state index contributed by atoms with van der Waals surface area (Å²) >= 11 is 0. The third-order valence-corrected chi connectivity index (χ3v) is 8.03. The zero-order valence-corrected chi connectivity index (χ0v) is 14.0. The number of allylic oxidation sites excluding steroid dienone is 1. The Morgan fingerprint density at radius 2 is 2.05 bits per heavy atom. The van der Waals surface area contributed by atoms with Crippen molar-refractivity contribution in [1.29, 1.82) is 0 Å². The van der Waals surface area contributed by atoms with Gasteiger partial charge in [0.15, 0.2) is 0 Å². The molecule has 0 N–H and O–H groups in total. The van der Waals surface area contributed by atoms with Crippen molar-refractivity contribution in [2.24, 2.45) is 16.7 Å². The molecular formula is C16H23NO4S. The second-order valence-electron chi connectivity index (χ2n) is 7.38. The van der Waals surface area contributed by atoms with Gasteiger partial charge in [-0.25, -0.2) is 12.7 Å². The number of nitrogens with zero attached hydrogens (tertiary/aromatic N) is 1. The van der Waals surface area contributed by atoms with Crippen LogP contribution in [0.1, 0.15) is 46.0 Å². The Hall–Kier alpha value is -1.17. The number of sulfonamides is 1. The molecule has 0 aromatic rings. The van der Waals surface area contributed by atoms with Crippen molar-refractivity contribution in [3.63, 3.8) is 0 Å². The minimum atomic E-state index is -3.78. The van der Waals surface area contributed by atoms with Crippen LogP contribution in [0, 0.1) is 16.7 Å². The maximum atomic E-state index is 12.8. The average Bonchev–Trinajstić information content (AvgIpc) is 2.68. The van der Waals surface area contributed by atoms with Crippen LogP contribution in [-0.4, -0.2) is 36.7 Å². The first-order valence-electron chi connectivity index (χ1n) is 7.95. The first-order valence-corrected chi connectivity index (χ1v) is 9.56. The van der Waals surface area contributed by atoms with Crippen LogP contribution < -0.4 is 0 Å². The van der Waals surface area contributed by atoms with Gasteiger partial charge in [0.25, 0.3) is 5.91 Å². The maximum Gasteiger partial charge on any atom is 0.259 e. The second-order valence-corrected chi connectivity index (χ2v) is 9.27. The number of fused-ring (bicyclic) bond motifs is 2. The molecule has 1 amide bonds. The van der Waals surface area contributed by atoms with Gasteiger partial charge in [-0.05, 0) is 37.0 Å². The Bertz CT molecular complexity index is 649. The summed E-state index contributed by atoms with van der Waals surface area (Å²) in [5.41, 5.74) is -1.12. The van der Waals surface area contributed by atoms with Gasteiger partial charge in [0.1, 0.15) is 5.78 Å². The lowest BCUT2D eigenvalue weighted by Gasteiger charge is -2.37. The standard InChI is InChI=1S/C16H23NO4S/c1-15(2)12-7-8-16(15,13(18)10-12)11-22(20,21)17-9-5-3-4-6-14(17)19/h4,6,12H,3,5,7-11H2,1-2H3/t12-,16-/m1/s1. The smallest absolute Gasteiger partial charge is 0.259 e. The molecule has 2 saturated carbocycles. The van der Waals surface area contributed by atoms with Crippen molar-refractivity contribution < 1.29 is 18.0 Å². The van der Waals surface area contributed by atoms with Gasteiger partial charge in [0, 0.05) is 19.0 Å². The molecule has 0 unspecified atom stereocenters. The molecule has 2 bridgehead atoms. The summed E-state index contributed by atoms with van der Waals surface area (Å²) in [6.07, 6.45) is 6.40. The van der Waals surface area contributed by atoms with Crippen LogP contribution in [0.3, 0.4) is 0 Å². The van der Waals surface area contributed by atoms with Crippen molar-refractivity contribution in [3.8, 4) is 0 Å². The van der Waals surface area contributed by atoms with E-state index in [4.69, 9.17) is 0 Å². The van der Waals surface area contributed by atoms with Crippen molar-refractivity contribution in [2.45, 2.75) is 46.0 Å². The van der Waals surface area contributed by atoms with Crippen molar-refractivity contribution in [1.82, 2.24) is 4.31 Å². The average molecular weight is 325 g/mol. The van der Waals surface area contributed by atoms with E-state index in [-0.39, 0.29) is 29.4 Å². The van der Waals surface area contributed by atoms with E-state index in [1.165, 1.54) is 6.08 Å². The summed E-state index contributed by atoms with van der Waals surface area (Å²) in [5, 5.41) is 0. The predicted octanol–water partition coefficient (Wildman–Crippen LogP) is 1.89. The van der Waals surface area contributed by atoms with Gasteiger partial charge in [-0.1, -0.05) is 19.9 Å². The van der Waals surface area contributed by atoms with Gasteiger partial charge in [-0.3, -0.25) is 9.59 Å². The quantitative estimate of drug-likeness (QED) is 0.794. The van der Waals surface area contributed by atoms with E-state index < -0.39 is 21.3 Å². The molecule has 2 atom stereocenters. The van der Waals surface area contributed by atoms with Gasteiger partial charge in [-0.2, -0.15) is 0 Å². The van der Waals surface area contributed by atoms with Gasteiger partial charge in [0.05, 0.1) is 11.2 Å². The normalized spacial score (nSPS) is 34.3. The minimum Gasteiger partial charge on any atom is -0.299 e. The van der Waals surface area contributed by atoms with E-state index >= 15 is 0 Å². The molecule has 6 heteroatoms. The molecule has 122 valence electrons. The molecule has 1 heterocycles. The van der Waals surface area contributed by atoms with Gasteiger partial charge < -0.3 is 0 Å². The third kappa shape index (κ3) is 2.07. The summed E-state index contributed by atoms with van der Waals surface area (Å²) in [5.74, 6) is -0.362. The van der Waals surface area contributed by atoms with Crippen molar-refractivity contribution >= 4 is 21.7 Å². The fraction of sp³-hybridized carbons (Fsp3) is 0.750. The fourth-order valence-corrected chi connectivity index (χ4v) is 6.70. The molecule has 3 rings (SSSR count). The van der Waals surface area contributed by atoms with Crippen LogP contribution in [0.25, 0.3) is 0 Å². The molecule has 22 heavy (non-hydrogen) atoms. The molecule has 1 aliphatic heterocycles. The fourth-order valence-electron chi connectivity index (χ4n) is 4.50. The van der Waals surface area contributed by atoms with E-state index in [0.29, 0.717) is 25.7 Å². The van der Waals surface area contributed by atoms with Crippen LogP contribution >= 0.6 is 0 Å². The lowest BCUT2D eigenvalue weighted by molar-refractivity contribution is -0.128. The number of rotatable bonds is 3. The highest BCUT2D eigenvalue weighted by molar-refractivity contribution is 7.89. The zero-order valence-electron chi connectivity index (χ0n) is 13.2. The van der Waals surface area contributed by atoms with Gasteiger partial charge in [0.2, 0.25) is 10.0 Å². The van der Waals surface area contributed by atoms with Crippen LogP contribution in [0.15, 0.2) is 12.2 Å². The molecule has 0 spiro atoms. The Morgan fingerprint density at radius 3 is 2.64 bits per heavy atom. The third-order valence-electron chi connectivity index (χ3n) is 6.14. The summed E-state index contributed by atoms with van der Waals surface area (Å²) in [4.78, 5) is 24.6. The first kappa shape index (κ1) is 15.7. The number of hydrogen-bond acceptors (Lipinski definition) is 4. The topological polar surface area (TPSA) is 71.5 Å². The summed E-state index contributed by atoms with van der Waals surface area (Å²) in [6, 6.07) is 0. The highest BCUT2D eigenvalue weighted by Gasteiger charge is 2.65. The molecule has 0 radical (unpaired) electrons. The lowest BCUT2D eigenvalue weighted by Crippen LogP contribution is -2.48. The monoisotopic (exact) mass is 325 g/mol. The van der Waals surface area contributed by atoms with E-state index in [2.05, 4.69) is 0 Å². The largest absolute Gasteiger partial charge is 0.299 e. The first-order chi connectivity index (χ1) is 10.2. The molecule has 0 aromatic carbocycles. The van der Waals surface area contributed by atoms with Crippen molar-refractivity contribution in [2.75, 3.05) is 12.3 Å². The van der Waals surface area contributed by atoms with E-state index in [1.807, 2.05) is 13.8 Å². The van der Waals surface area contributed by atoms with Gasteiger partial charge in [-0.15, -0.1) is 0 Å². The van der Waals surface area contributed by atoms with Crippen LogP contribution in [0.5, 0.6) is 0 Å². The number of ketones is 1. The molecule has 0 aromatic heterocycles. The molecule has 2 fully saturated rings. The summed E-state index contributed by atoms with van der Waals surface area (Å²) < 4.78 is 26.7. The number of carbonyl (C=O) groups excluding carboxylic acids is 2. The molecular weight excluding hydrogens is 302 g/mol. The van der Waals surface area contributed by atoms with Gasteiger partial charge >= 0.3 is 0 Å². The highest BCUT2D eigenvalue weighted by Crippen LogP contribution is 2.64. The number of carbonyl (C=O) groups is 2. The SMILES string of the molecule is CC1(C)[C@@H]2CC[C@@]1(CS(=O)(=O)N1CCCC=CC1=O)C(=O)C2. The van der Waals surface area contributed by atoms with Crippen LogP contribution in [0.2, 0.25) is 0 Å². The summed E-state index contributed by atoms with van der Waals surface area (Å²) in [6.45, 7) is 4.23. The van der Waals surface area contributed by atoms with E-state index in [0.717, 1.165) is 10.7 Å². The zero-order chi connectivity index (χ0) is 16.2. The Labute approximate surface area is 131 Å². The highest BCUT2D eigenvalue weighted by atomic mass is 32.2. The Balaban J connectivity index is 1.93. The van der Waals surface area contributed by atoms with Crippen LogP contribution in [-0.2, 0) is 19.6 Å². The Kier molecular flexibility index (Phi) is 3.51. The second kappa shape index (κ2) is 4.91. The number of amides is 1. The van der Waals surface area contributed by atoms with E-state index in [9.17, 15) is 18.0 Å². The van der Waals surface area contributed by atoms with E-state index in [1.54, 1.807) is 6.08 Å². The summed E-state index contributed by atoms with van der Waals surface area (Å²) in [7, 11) is -3.78. The molecule has 3 aliphatic rings. The predicted molar refractivity (Wildman–Crippen MR) is 82.4 cm³/mol. The molecule has 0 saturated heterocycles. The lowest BCUT2D eigenvalue weighted by atomic mass is 9.70. The number of hydrogen-bond donors (Lipinski definition) is 0.